The maximum atomic E-state index is 11.5. The average Bonchev–Trinajstić information content (AvgIpc) is 2.87. The van der Waals surface area contributed by atoms with Crippen molar-refractivity contribution in [2.75, 3.05) is 7.11 Å². The first-order valence-electron chi connectivity index (χ1n) is 6.59. The fourth-order valence-corrected chi connectivity index (χ4v) is 2.71. The molecule has 1 saturated carbocycles. The van der Waals surface area contributed by atoms with Gasteiger partial charge in [0.05, 0.1) is 13.0 Å². The summed E-state index contributed by atoms with van der Waals surface area (Å²) in [5.74, 6) is 0.0159. The van der Waals surface area contributed by atoms with Crippen LogP contribution >= 0.6 is 12.4 Å². The molecular formula is C15H22ClNO2. The Hall–Kier alpha value is -1.06. The van der Waals surface area contributed by atoms with Crippen LogP contribution in [0, 0.1) is 5.92 Å². The number of nitrogens with one attached hydrogen (secondary N) is 1. The molecular weight excluding hydrogens is 262 g/mol. The van der Waals surface area contributed by atoms with E-state index in [0.717, 1.165) is 19.3 Å². The lowest BCUT2D eigenvalue weighted by atomic mass is 10.1. The first-order valence-corrected chi connectivity index (χ1v) is 6.59. The Balaban J connectivity index is 0.00000180. The van der Waals surface area contributed by atoms with Gasteiger partial charge in [0, 0.05) is 12.1 Å². The standard InChI is InChI=1S/C15H21NO2.ClH/c1-11(12-6-4-3-5-7-12)16-14-9-8-13(10-14)15(17)18-2;/h3-7,11,13-14,16H,8-10H2,1-2H3;1H/t11?,13-,14+;/m1./s1. The third-order valence-electron chi connectivity index (χ3n) is 3.75. The van der Waals surface area contributed by atoms with Crippen LogP contribution in [0.3, 0.4) is 0 Å². The molecule has 1 fully saturated rings. The number of methoxy groups -OCH3 is 1. The molecule has 2 rings (SSSR count). The summed E-state index contributed by atoms with van der Waals surface area (Å²) in [4.78, 5) is 11.5. The first-order chi connectivity index (χ1) is 8.70. The van der Waals surface area contributed by atoms with Crippen LogP contribution in [0.4, 0.5) is 0 Å². The monoisotopic (exact) mass is 283 g/mol. The van der Waals surface area contributed by atoms with Crippen molar-refractivity contribution in [2.45, 2.75) is 38.3 Å². The number of benzene rings is 1. The Bertz CT molecular complexity index is 396. The summed E-state index contributed by atoms with van der Waals surface area (Å²) in [5.41, 5.74) is 1.29. The van der Waals surface area contributed by atoms with Gasteiger partial charge in [0.1, 0.15) is 0 Å². The van der Waals surface area contributed by atoms with E-state index in [1.807, 2.05) is 6.07 Å². The maximum Gasteiger partial charge on any atom is 0.308 e. The molecule has 3 atom stereocenters. The average molecular weight is 284 g/mol. The number of esters is 1. The number of hydrogen-bond acceptors (Lipinski definition) is 3. The molecule has 0 spiro atoms. The summed E-state index contributed by atoms with van der Waals surface area (Å²) < 4.78 is 4.81. The molecule has 0 bridgehead atoms. The van der Waals surface area contributed by atoms with E-state index >= 15 is 0 Å². The topological polar surface area (TPSA) is 38.3 Å². The van der Waals surface area contributed by atoms with Gasteiger partial charge in [-0.3, -0.25) is 4.79 Å². The molecule has 1 aromatic carbocycles. The molecule has 0 aliphatic heterocycles. The molecule has 1 N–H and O–H groups in total. The van der Waals surface area contributed by atoms with Gasteiger partial charge >= 0.3 is 5.97 Å². The van der Waals surface area contributed by atoms with Crippen molar-refractivity contribution in [3.63, 3.8) is 0 Å². The zero-order valence-electron chi connectivity index (χ0n) is 11.5. The number of ether oxygens (including phenoxy) is 1. The van der Waals surface area contributed by atoms with Crippen molar-refractivity contribution < 1.29 is 9.53 Å². The van der Waals surface area contributed by atoms with Gasteiger partial charge in [-0.25, -0.2) is 0 Å². The highest BCUT2D eigenvalue weighted by molar-refractivity contribution is 5.85. The van der Waals surface area contributed by atoms with E-state index in [2.05, 4.69) is 36.5 Å². The van der Waals surface area contributed by atoms with Gasteiger partial charge in [-0.05, 0) is 31.7 Å². The van der Waals surface area contributed by atoms with Crippen LogP contribution < -0.4 is 5.32 Å². The summed E-state index contributed by atoms with van der Waals surface area (Å²) in [5, 5.41) is 3.60. The second-order valence-electron chi connectivity index (χ2n) is 5.03. The number of hydrogen-bond donors (Lipinski definition) is 1. The molecule has 0 radical (unpaired) electrons. The van der Waals surface area contributed by atoms with E-state index in [0.29, 0.717) is 12.1 Å². The SMILES string of the molecule is COC(=O)[C@@H]1CC[C@H](NC(C)c2ccccc2)C1.Cl. The second-order valence-corrected chi connectivity index (χ2v) is 5.03. The van der Waals surface area contributed by atoms with Crippen molar-refractivity contribution in [3.8, 4) is 0 Å². The van der Waals surface area contributed by atoms with Gasteiger partial charge in [0.25, 0.3) is 0 Å². The summed E-state index contributed by atoms with van der Waals surface area (Å²) in [6, 6.07) is 11.1. The molecule has 1 unspecified atom stereocenters. The van der Waals surface area contributed by atoms with Crippen molar-refractivity contribution in [1.29, 1.82) is 0 Å². The Labute approximate surface area is 121 Å². The summed E-state index contributed by atoms with van der Waals surface area (Å²) in [6.45, 7) is 2.17. The predicted molar refractivity (Wildman–Crippen MR) is 78.4 cm³/mol. The highest BCUT2D eigenvalue weighted by atomic mass is 35.5. The third-order valence-corrected chi connectivity index (χ3v) is 3.75. The highest BCUT2D eigenvalue weighted by Crippen LogP contribution is 2.28. The first kappa shape index (κ1) is 16.0. The zero-order valence-corrected chi connectivity index (χ0v) is 12.3. The quantitative estimate of drug-likeness (QED) is 0.863. The lowest BCUT2D eigenvalue weighted by Crippen LogP contribution is -2.30. The molecule has 19 heavy (non-hydrogen) atoms. The Morgan fingerprint density at radius 1 is 1.32 bits per heavy atom. The van der Waals surface area contributed by atoms with Gasteiger partial charge in [-0.1, -0.05) is 30.3 Å². The van der Waals surface area contributed by atoms with E-state index in [-0.39, 0.29) is 24.3 Å². The third kappa shape index (κ3) is 4.22. The van der Waals surface area contributed by atoms with E-state index in [9.17, 15) is 4.79 Å². The number of halogens is 1. The van der Waals surface area contributed by atoms with Crippen molar-refractivity contribution in [3.05, 3.63) is 35.9 Å². The summed E-state index contributed by atoms with van der Waals surface area (Å²) in [7, 11) is 1.47. The molecule has 0 saturated heterocycles. The Morgan fingerprint density at radius 2 is 2.00 bits per heavy atom. The van der Waals surface area contributed by atoms with Gasteiger partial charge < -0.3 is 10.1 Å². The van der Waals surface area contributed by atoms with Crippen molar-refractivity contribution in [1.82, 2.24) is 5.32 Å². The minimum atomic E-state index is -0.0633. The summed E-state index contributed by atoms with van der Waals surface area (Å²) >= 11 is 0. The van der Waals surface area contributed by atoms with E-state index in [4.69, 9.17) is 4.74 Å². The largest absolute Gasteiger partial charge is 0.469 e. The molecule has 1 aliphatic rings. The van der Waals surface area contributed by atoms with E-state index < -0.39 is 0 Å². The fourth-order valence-electron chi connectivity index (χ4n) is 2.71. The predicted octanol–water partition coefficient (Wildman–Crippen LogP) is 3.10. The van der Waals surface area contributed by atoms with Crippen LogP contribution in [0.1, 0.15) is 37.8 Å². The Morgan fingerprint density at radius 3 is 2.63 bits per heavy atom. The van der Waals surface area contributed by atoms with Crippen LogP contribution in [0.15, 0.2) is 30.3 Å². The lowest BCUT2D eigenvalue weighted by molar-refractivity contribution is -0.145. The van der Waals surface area contributed by atoms with E-state index in [1.165, 1.54) is 12.7 Å². The van der Waals surface area contributed by atoms with Gasteiger partial charge in [0.2, 0.25) is 0 Å². The van der Waals surface area contributed by atoms with Crippen molar-refractivity contribution in [2.24, 2.45) is 5.92 Å². The Kier molecular flexibility index (Phi) is 6.32. The molecule has 3 nitrogen and oxygen atoms in total. The van der Waals surface area contributed by atoms with Gasteiger partial charge in [-0.2, -0.15) is 0 Å². The number of carbonyl (C=O) groups excluding carboxylic acids is 1. The fraction of sp³-hybridized carbons (Fsp3) is 0.533. The van der Waals surface area contributed by atoms with Gasteiger partial charge in [-0.15, -0.1) is 12.4 Å². The van der Waals surface area contributed by atoms with Crippen molar-refractivity contribution >= 4 is 18.4 Å². The zero-order chi connectivity index (χ0) is 13.0. The smallest absolute Gasteiger partial charge is 0.308 e. The highest BCUT2D eigenvalue weighted by Gasteiger charge is 2.31. The molecule has 1 aliphatic carbocycles. The lowest BCUT2D eigenvalue weighted by Gasteiger charge is -2.19. The molecule has 0 aromatic heterocycles. The minimum Gasteiger partial charge on any atom is -0.469 e. The van der Waals surface area contributed by atoms with Crippen LogP contribution in [-0.2, 0) is 9.53 Å². The normalized spacial score (nSPS) is 23.5. The summed E-state index contributed by atoms with van der Waals surface area (Å²) in [6.07, 6.45) is 2.88. The van der Waals surface area contributed by atoms with Crippen LogP contribution in [0.2, 0.25) is 0 Å². The molecule has 106 valence electrons. The molecule has 4 heteroatoms. The molecule has 0 heterocycles. The van der Waals surface area contributed by atoms with E-state index in [1.54, 1.807) is 0 Å². The van der Waals surface area contributed by atoms with Crippen LogP contribution in [0.5, 0.6) is 0 Å². The minimum absolute atomic E-state index is 0. The van der Waals surface area contributed by atoms with Crippen LogP contribution in [-0.4, -0.2) is 19.1 Å². The maximum absolute atomic E-state index is 11.5. The van der Waals surface area contributed by atoms with Gasteiger partial charge in [0.15, 0.2) is 0 Å². The molecule has 1 aromatic rings. The number of carbonyl (C=O) groups is 1. The molecule has 0 amide bonds. The second kappa shape index (κ2) is 7.51. The van der Waals surface area contributed by atoms with Crippen LogP contribution in [0.25, 0.3) is 0 Å². The number of rotatable bonds is 4.